The van der Waals surface area contributed by atoms with Crippen molar-refractivity contribution in [3.8, 4) is 33.8 Å². The number of rotatable bonds is 8. The summed E-state index contributed by atoms with van der Waals surface area (Å²) >= 11 is 0. The van der Waals surface area contributed by atoms with Crippen LogP contribution in [0.15, 0.2) is 110 Å². The highest BCUT2D eigenvalue weighted by Crippen LogP contribution is 2.43. The van der Waals surface area contributed by atoms with E-state index in [1.54, 1.807) is 0 Å². The molecule has 0 aliphatic rings. The van der Waals surface area contributed by atoms with Crippen molar-refractivity contribution in [2.24, 2.45) is 0 Å². The van der Waals surface area contributed by atoms with Crippen LogP contribution in [0.4, 0.5) is 0 Å². The highest BCUT2D eigenvalue weighted by Gasteiger charge is 2.28. The van der Waals surface area contributed by atoms with Crippen molar-refractivity contribution >= 4 is 0 Å². The summed E-state index contributed by atoms with van der Waals surface area (Å²) in [5, 5.41) is 22.2. The smallest absolute Gasteiger partial charge is 0.126 e. The van der Waals surface area contributed by atoms with E-state index in [-0.39, 0.29) is 0 Å². The summed E-state index contributed by atoms with van der Waals surface area (Å²) < 4.78 is 0. The fourth-order valence-corrected chi connectivity index (χ4v) is 4.58. The normalized spacial score (nSPS) is 11.3. The van der Waals surface area contributed by atoms with E-state index in [1.165, 1.54) is 0 Å². The zero-order chi connectivity index (χ0) is 25.0. The van der Waals surface area contributed by atoms with Gasteiger partial charge in [-0.25, -0.2) is 0 Å². The van der Waals surface area contributed by atoms with Gasteiger partial charge in [0.15, 0.2) is 0 Å². The minimum Gasteiger partial charge on any atom is -0.507 e. The standard InChI is InChI=1S/C33H32O2/c1-5-13-25-19-27(21-29(31(25)34)23-15-9-7-10-16-23)33(3,4)28-20-26(14-6-2)32(35)30(22-28)24-17-11-8-12-18-24/h5-12,15-22,34-35H,1-2,13-14H2,3-4H3. The fourth-order valence-electron chi connectivity index (χ4n) is 4.58. The van der Waals surface area contributed by atoms with Crippen molar-refractivity contribution in [1.82, 2.24) is 0 Å². The van der Waals surface area contributed by atoms with Gasteiger partial charge in [-0.2, -0.15) is 0 Å². The molecule has 4 aromatic carbocycles. The van der Waals surface area contributed by atoms with Crippen molar-refractivity contribution in [2.45, 2.75) is 32.1 Å². The Bertz CT molecular complexity index is 1240. The summed E-state index contributed by atoms with van der Waals surface area (Å²) in [4.78, 5) is 0. The van der Waals surface area contributed by atoms with Crippen molar-refractivity contribution in [3.05, 3.63) is 132 Å². The maximum absolute atomic E-state index is 11.1. The third-order valence-electron chi connectivity index (χ3n) is 6.72. The largest absolute Gasteiger partial charge is 0.507 e. The van der Waals surface area contributed by atoms with Gasteiger partial charge >= 0.3 is 0 Å². The van der Waals surface area contributed by atoms with Crippen molar-refractivity contribution in [1.29, 1.82) is 0 Å². The highest BCUT2D eigenvalue weighted by atomic mass is 16.3. The third kappa shape index (κ3) is 4.79. The molecule has 0 saturated carbocycles. The van der Waals surface area contributed by atoms with E-state index in [4.69, 9.17) is 0 Å². The van der Waals surface area contributed by atoms with Gasteiger partial charge in [-0.1, -0.05) is 98.8 Å². The van der Waals surface area contributed by atoms with Gasteiger partial charge in [-0.05, 0) is 58.4 Å². The first-order valence-electron chi connectivity index (χ1n) is 11.9. The van der Waals surface area contributed by atoms with Gasteiger partial charge < -0.3 is 10.2 Å². The van der Waals surface area contributed by atoms with Crippen molar-refractivity contribution in [3.63, 3.8) is 0 Å². The second-order valence-corrected chi connectivity index (χ2v) is 9.41. The molecular weight excluding hydrogens is 428 g/mol. The topological polar surface area (TPSA) is 40.5 Å². The predicted molar refractivity (Wildman–Crippen MR) is 147 cm³/mol. The zero-order valence-corrected chi connectivity index (χ0v) is 20.5. The molecule has 0 radical (unpaired) electrons. The Morgan fingerprint density at radius 3 is 1.34 bits per heavy atom. The van der Waals surface area contributed by atoms with Gasteiger partial charge in [0.2, 0.25) is 0 Å². The van der Waals surface area contributed by atoms with E-state index in [0.717, 1.165) is 44.5 Å². The first-order valence-corrected chi connectivity index (χ1v) is 11.9. The number of hydrogen-bond acceptors (Lipinski definition) is 2. The fraction of sp³-hybridized carbons (Fsp3) is 0.152. The van der Waals surface area contributed by atoms with Gasteiger partial charge in [0, 0.05) is 16.5 Å². The van der Waals surface area contributed by atoms with Crippen LogP contribution in [-0.2, 0) is 18.3 Å². The Balaban J connectivity index is 1.94. The Hall–Kier alpha value is -4.04. The lowest BCUT2D eigenvalue weighted by Gasteiger charge is -2.29. The lowest BCUT2D eigenvalue weighted by Crippen LogP contribution is -2.20. The van der Waals surface area contributed by atoms with Crippen LogP contribution in [0.25, 0.3) is 22.3 Å². The predicted octanol–water partition coefficient (Wildman–Crippen LogP) is 8.21. The number of hydrogen-bond donors (Lipinski definition) is 2. The molecule has 4 rings (SSSR count). The van der Waals surface area contributed by atoms with Crippen LogP contribution in [0.3, 0.4) is 0 Å². The maximum atomic E-state index is 11.1. The number of phenolic OH excluding ortho intramolecular Hbond substituents is 2. The molecule has 176 valence electrons. The molecule has 0 fully saturated rings. The van der Waals surface area contributed by atoms with Crippen LogP contribution in [0, 0.1) is 0 Å². The molecule has 0 amide bonds. The summed E-state index contributed by atoms with van der Waals surface area (Å²) in [5.74, 6) is 0.581. The summed E-state index contributed by atoms with van der Waals surface area (Å²) in [6, 6.07) is 28.2. The van der Waals surface area contributed by atoms with E-state index in [2.05, 4.69) is 51.3 Å². The van der Waals surface area contributed by atoms with Crippen LogP contribution in [0.2, 0.25) is 0 Å². The van der Waals surface area contributed by atoms with Crippen LogP contribution in [0.1, 0.15) is 36.1 Å². The molecule has 0 atom stereocenters. The van der Waals surface area contributed by atoms with Gasteiger partial charge in [-0.3, -0.25) is 0 Å². The molecule has 0 saturated heterocycles. The second kappa shape index (κ2) is 10.1. The molecule has 4 aromatic rings. The first kappa shape index (κ1) is 24.1. The molecule has 0 unspecified atom stereocenters. The highest BCUT2D eigenvalue weighted by molar-refractivity contribution is 5.75. The molecule has 35 heavy (non-hydrogen) atoms. The van der Waals surface area contributed by atoms with Crippen LogP contribution in [-0.4, -0.2) is 10.2 Å². The van der Waals surface area contributed by atoms with Gasteiger partial charge in [0.05, 0.1) is 0 Å². The van der Waals surface area contributed by atoms with Gasteiger partial charge in [0.1, 0.15) is 11.5 Å². The number of benzene rings is 4. The molecule has 2 heteroatoms. The summed E-state index contributed by atoms with van der Waals surface area (Å²) in [6.45, 7) is 12.1. The average molecular weight is 461 g/mol. The number of phenols is 2. The number of allylic oxidation sites excluding steroid dienone is 2. The zero-order valence-electron chi connectivity index (χ0n) is 20.5. The lowest BCUT2D eigenvalue weighted by atomic mass is 9.75. The van der Waals surface area contributed by atoms with Crippen LogP contribution < -0.4 is 0 Å². The van der Waals surface area contributed by atoms with E-state index in [9.17, 15) is 10.2 Å². The Kier molecular flexibility index (Phi) is 6.93. The summed E-state index contributed by atoms with van der Waals surface area (Å²) in [7, 11) is 0. The van der Waals surface area contributed by atoms with E-state index >= 15 is 0 Å². The lowest BCUT2D eigenvalue weighted by molar-refractivity contribution is 0.470. The molecule has 2 nitrogen and oxygen atoms in total. The van der Waals surface area contributed by atoms with Gasteiger partial charge in [-0.15, -0.1) is 13.2 Å². The second-order valence-electron chi connectivity index (χ2n) is 9.41. The van der Waals surface area contributed by atoms with E-state index < -0.39 is 5.41 Å². The molecular formula is C33H32O2. The average Bonchev–Trinajstić information content (AvgIpc) is 2.87. The molecule has 2 N–H and O–H groups in total. The molecule has 0 aliphatic carbocycles. The van der Waals surface area contributed by atoms with Crippen LogP contribution in [0.5, 0.6) is 11.5 Å². The molecule has 0 heterocycles. The van der Waals surface area contributed by atoms with Gasteiger partial charge in [0.25, 0.3) is 0 Å². The van der Waals surface area contributed by atoms with Crippen molar-refractivity contribution in [2.75, 3.05) is 0 Å². The monoisotopic (exact) mass is 460 g/mol. The van der Waals surface area contributed by atoms with Crippen LogP contribution >= 0.6 is 0 Å². The Morgan fingerprint density at radius 2 is 1.00 bits per heavy atom. The molecule has 0 aliphatic heterocycles. The van der Waals surface area contributed by atoms with E-state index in [0.29, 0.717) is 24.3 Å². The molecule has 0 bridgehead atoms. The summed E-state index contributed by atoms with van der Waals surface area (Å²) in [6.07, 6.45) is 4.78. The summed E-state index contributed by atoms with van der Waals surface area (Å²) in [5.41, 5.74) is 7.01. The van der Waals surface area contributed by atoms with E-state index in [1.807, 2.05) is 72.8 Å². The number of aromatic hydroxyl groups is 2. The quantitative estimate of drug-likeness (QED) is 0.260. The third-order valence-corrected chi connectivity index (χ3v) is 6.72. The Labute approximate surface area is 208 Å². The SMILES string of the molecule is C=CCc1cc(C(C)(C)c2cc(CC=C)c(O)c(-c3ccccc3)c2)cc(-c2ccccc2)c1O. The van der Waals surface area contributed by atoms with Crippen molar-refractivity contribution < 1.29 is 10.2 Å². The molecule has 0 aromatic heterocycles. The Morgan fingerprint density at radius 1 is 0.629 bits per heavy atom. The minimum atomic E-state index is -0.402. The minimum absolute atomic E-state index is 0.290. The first-order chi connectivity index (χ1) is 16.9. The molecule has 0 spiro atoms. The maximum Gasteiger partial charge on any atom is 0.126 e.